The van der Waals surface area contributed by atoms with Gasteiger partial charge in [-0.05, 0) is 36.4 Å². The summed E-state index contributed by atoms with van der Waals surface area (Å²) in [6.45, 7) is 0. The fraction of sp³-hybridized carbons (Fsp3) is 0. The van der Waals surface area contributed by atoms with Crippen LogP contribution in [0.15, 0.2) is 48.5 Å². The van der Waals surface area contributed by atoms with Crippen molar-refractivity contribution < 1.29 is 4.74 Å². The van der Waals surface area contributed by atoms with Gasteiger partial charge >= 0.3 is 0 Å². The van der Waals surface area contributed by atoms with E-state index in [4.69, 9.17) is 21.6 Å². The van der Waals surface area contributed by atoms with Crippen LogP contribution in [0.2, 0.25) is 5.02 Å². The lowest BCUT2D eigenvalue weighted by molar-refractivity contribution is 0.483. The summed E-state index contributed by atoms with van der Waals surface area (Å²) in [6.07, 6.45) is 0. The first-order valence-electron chi connectivity index (χ1n) is 4.72. The molecule has 0 aliphatic rings. The monoisotopic (exact) mass is 229 g/mol. The Labute approximate surface area is 98.7 Å². The van der Waals surface area contributed by atoms with Gasteiger partial charge in [-0.3, -0.25) is 0 Å². The second kappa shape index (κ2) is 4.69. The molecule has 0 spiro atoms. The lowest BCUT2D eigenvalue weighted by Crippen LogP contribution is -1.84. The molecule has 0 fully saturated rings. The predicted molar refractivity (Wildman–Crippen MR) is 62.7 cm³/mol. The highest BCUT2D eigenvalue weighted by molar-refractivity contribution is 6.32. The van der Waals surface area contributed by atoms with Gasteiger partial charge in [0.15, 0.2) is 0 Å². The zero-order valence-corrected chi connectivity index (χ0v) is 9.11. The predicted octanol–water partition coefficient (Wildman–Crippen LogP) is 4.00. The average Bonchev–Trinajstić information content (AvgIpc) is 2.33. The molecule has 0 heterocycles. The Morgan fingerprint density at radius 3 is 2.31 bits per heavy atom. The van der Waals surface area contributed by atoms with E-state index in [1.165, 1.54) is 0 Å². The first kappa shape index (κ1) is 10.5. The van der Waals surface area contributed by atoms with Crippen LogP contribution < -0.4 is 4.74 Å². The number of hydrogen-bond donors (Lipinski definition) is 0. The molecule has 2 aromatic rings. The van der Waals surface area contributed by atoms with Crippen molar-refractivity contribution in [3.05, 3.63) is 59.1 Å². The molecule has 0 saturated carbocycles. The standard InChI is InChI=1S/C13H8ClNO/c14-12-3-1-2-4-13(12)16-11-7-5-10(9-15)6-8-11/h1-8H. The van der Waals surface area contributed by atoms with Crippen LogP contribution in [0.25, 0.3) is 0 Å². The quantitative estimate of drug-likeness (QED) is 0.780. The van der Waals surface area contributed by atoms with Crippen LogP contribution in [0.5, 0.6) is 11.5 Å². The summed E-state index contributed by atoms with van der Waals surface area (Å²) in [4.78, 5) is 0. The van der Waals surface area contributed by atoms with E-state index in [1.807, 2.05) is 18.2 Å². The molecule has 0 aliphatic heterocycles. The summed E-state index contributed by atoms with van der Waals surface area (Å²) in [7, 11) is 0. The minimum Gasteiger partial charge on any atom is -0.456 e. The Morgan fingerprint density at radius 2 is 1.69 bits per heavy atom. The Morgan fingerprint density at radius 1 is 1.00 bits per heavy atom. The van der Waals surface area contributed by atoms with Crippen LogP contribution in [0.4, 0.5) is 0 Å². The van der Waals surface area contributed by atoms with Gasteiger partial charge in [0.1, 0.15) is 11.5 Å². The number of ether oxygens (including phenoxy) is 1. The SMILES string of the molecule is N#Cc1ccc(Oc2ccccc2Cl)cc1. The molecule has 0 radical (unpaired) electrons. The van der Waals surface area contributed by atoms with E-state index in [1.54, 1.807) is 36.4 Å². The molecule has 2 aromatic carbocycles. The fourth-order valence-corrected chi connectivity index (χ4v) is 1.43. The van der Waals surface area contributed by atoms with E-state index >= 15 is 0 Å². The Bertz CT molecular complexity index is 528. The number of rotatable bonds is 2. The van der Waals surface area contributed by atoms with Gasteiger partial charge in [0.05, 0.1) is 16.7 Å². The van der Waals surface area contributed by atoms with Gasteiger partial charge in [0.2, 0.25) is 0 Å². The minimum absolute atomic E-state index is 0.562. The van der Waals surface area contributed by atoms with Gasteiger partial charge in [-0.15, -0.1) is 0 Å². The van der Waals surface area contributed by atoms with E-state index in [-0.39, 0.29) is 0 Å². The molecule has 0 bridgehead atoms. The minimum atomic E-state index is 0.562. The van der Waals surface area contributed by atoms with Crippen molar-refractivity contribution in [3.63, 3.8) is 0 Å². The van der Waals surface area contributed by atoms with Crippen molar-refractivity contribution in [2.24, 2.45) is 0 Å². The average molecular weight is 230 g/mol. The summed E-state index contributed by atoms with van der Waals surface area (Å²) >= 11 is 5.96. The van der Waals surface area contributed by atoms with E-state index in [9.17, 15) is 0 Å². The second-order valence-corrected chi connectivity index (χ2v) is 3.58. The zero-order valence-electron chi connectivity index (χ0n) is 8.35. The van der Waals surface area contributed by atoms with Gasteiger partial charge in [-0.2, -0.15) is 5.26 Å². The third-order valence-electron chi connectivity index (χ3n) is 2.05. The summed E-state index contributed by atoms with van der Waals surface area (Å²) in [5.41, 5.74) is 0.603. The van der Waals surface area contributed by atoms with Gasteiger partial charge in [-0.25, -0.2) is 0 Å². The number of para-hydroxylation sites is 1. The van der Waals surface area contributed by atoms with Crippen molar-refractivity contribution >= 4 is 11.6 Å². The highest BCUT2D eigenvalue weighted by Gasteiger charge is 2.01. The third-order valence-corrected chi connectivity index (χ3v) is 2.36. The number of halogens is 1. The molecule has 0 aromatic heterocycles. The van der Waals surface area contributed by atoms with Gasteiger partial charge in [0, 0.05) is 0 Å². The molecule has 2 nitrogen and oxygen atoms in total. The van der Waals surface area contributed by atoms with Crippen molar-refractivity contribution in [2.45, 2.75) is 0 Å². The van der Waals surface area contributed by atoms with Crippen LogP contribution in [-0.2, 0) is 0 Å². The Kier molecular flexibility index (Phi) is 3.09. The summed E-state index contributed by atoms with van der Waals surface area (Å²) in [5.74, 6) is 1.26. The normalized spacial score (nSPS) is 9.50. The zero-order chi connectivity index (χ0) is 11.4. The molecule has 0 aliphatic carbocycles. The second-order valence-electron chi connectivity index (χ2n) is 3.17. The van der Waals surface area contributed by atoms with Crippen LogP contribution in [-0.4, -0.2) is 0 Å². The van der Waals surface area contributed by atoms with Crippen molar-refractivity contribution in [1.82, 2.24) is 0 Å². The van der Waals surface area contributed by atoms with Gasteiger partial charge < -0.3 is 4.74 Å². The third kappa shape index (κ3) is 2.33. The summed E-state index contributed by atoms with van der Waals surface area (Å²) < 4.78 is 5.57. The van der Waals surface area contributed by atoms with E-state index in [0.717, 1.165) is 0 Å². The highest BCUT2D eigenvalue weighted by Crippen LogP contribution is 2.28. The molecule has 0 atom stereocenters. The van der Waals surface area contributed by atoms with Crippen molar-refractivity contribution in [1.29, 1.82) is 5.26 Å². The Balaban J connectivity index is 2.22. The lowest BCUT2D eigenvalue weighted by Gasteiger charge is -2.06. The summed E-state index contributed by atoms with van der Waals surface area (Å²) in [6, 6.07) is 16.2. The molecule has 0 saturated heterocycles. The van der Waals surface area contributed by atoms with E-state index < -0.39 is 0 Å². The maximum absolute atomic E-state index is 8.65. The van der Waals surface area contributed by atoms with E-state index in [2.05, 4.69) is 0 Å². The maximum atomic E-state index is 8.65. The number of hydrogen-bond acceptors (Lipinski definition) is 2. The fourth-order valence-electron chi connectivity index (χ4n) is 1.25. The lowest BCUT2D eigenvalue weighted by atomic mass is 10.2. The van der Waals surface area contributed by atoms with Gasteiger partial charge in [-0.1, -0.05) is 23.7 Å². The topological polar surface area (TPSA) is 33.0 Å². The van der Waals surface area contributed by atoms with Gasteiger partial charge in [0.25, 0.3) is 0 Å². The van der Waals surface area contributed by atoms with Crippen molar-refractivity contribution in [3.8, 4) is 17.6 Å². The molecule has 2 rings (SSSR count). The van der Waals surface area contributed by atoms with Crippen molar-refractivity contribution in [2.75, 3.05) is 0 Å². The highest BCUT2D eigenvalue weighted by atomic mass is 35.5. The number of nitriles is 1. The molecule has 16 heavy (non-hydrogen) atoms. The molecule has 78 valence electrons. The Hall–Kier alpha value is -1.98. The number of nitrogens with zero attached hydrogens (tertiary/aromatic N) is 1. The molecular formula is C13H8ClNO. The smallest absolute Gasteiger partial charge is 0.146 e. The first-order chi connectivity index (χ1) is 7.79. The van der Waals surface area contributed by atoms with E-state index in [0.29, 0.717) is 22.1 Å². The molecular weight excluding hydrogens is 222 g/mol. The van der Waals surface area contributed by atoms with Crippen LogP contribution >= 0.6 is 11.6 Å². The maximum Gasteiger partial charge on any atom is 0.146 e. The molecule has 0 unspecified atom stereocenters. The van der Waals surface area contributed by atoms with Crippen LogP contribution in [0, 0.1) is 11.3 Å². The van der Waals surface area contributed by atoms with Crippen LogP contribution in [0.3, 0.4) is 0 Å². The number of benzene rings is 2. The molecule has 0 amide bonds. The molecule has 3 heteroatoms. The largest absolute Gasteiger partial charge is 0.456 e. The molecule has 0 N–H and O–H groups in total. The summed E-state index contributed by atoms with van der Waals surface area (Å²) in [5, 5.41) is 9.21. The van der Waals surface area contributed by atoms with Crippen LogP contribution in [0.1, 0.15) is 5.56 Å². The first-order valence-corrected chi connectivity index (χ1v) is 5.10.